The highest BCUT2D eigenvalue weighted by Gasteiger charge is 2.02. The molecule has 0 aliphatic heterocycles. The molecule has 0 saturated carbocycles. The van der Waals surface area contributed by atoms with Crippen molar-refractivity contribution in [1.82, 2.24) is 0 Å². The topological polar surface area (TPSA) is 84.6 Å². The monoisotopic (exact) mass is 244 g/mol. The van der Waals surface area contributed by atoms with Crippen LogP contribution in [0.2, 0.25) is 0 Å². The molecule has 0 amide bonds. The summed E-state index contributed by atoms with van der Waals surface area (Å²) in [6, 6.07) is 12.4. The molecule has 2 rings (SSSR count). The highest BCUT2D eigenvalue weighted by atomic mass is 16.8. The van der Waals surface area contributed by atoms with Crippen LogP contribution < -0.4 is 16.3 Å². The number of nitrogen functional groups attached to an aromatic ring is 1. The quantitative estimate of drug-likeness (QED) is 0.571. The van der Waals surface area contributed by atoms with E-state index in [4.69, 9.17) is 10.9 Å². The van der Waals surface area contributed by atoms with E-state index in [0.717, 1.165) is 5.69 Å². The minimum atomic E-state index is -0.216. The summed E-state index contributed by atoms with van der Waals surface area (Å²) in [5.41, 5.74) is 9.05. The van der Waals surface area contributed by atoms with Crippen LogP contribution in [0.15, 0.2) is 42.5 Å². The SMILES string of the molecule is Cc1ccc(Nc2ccc(N([O-])O)cc2N)cc1. The lowest BCUT2D eigenvalue weighted by Gasteiger charge is -2.22. The summed E-state index contributed by atoms with van der Waals surface area (Å²) in [4.78, 5) is 0. The minimum Gasteiger partial charge on any atom is -0.733 e. The smallest absolute Gasteiger partial charge is 0.0619 e. The molecule has 0 bridgehead atoms. The second kappa shape index (κ2) is 4.95. The van der Waals surface area contributed by atoms with Gasteiger partial charge in [-0.1, -0.05) is 17.7 Å². The average Bonchev–Trinajstić information content (AvgIpc) is 2.34. The van der Waals surface area contributed by atoms with Crippen molar-refractivity contribution in [3.8, 4) is 0 Å². The lowest BCUT2D eigenvalue weighted by molar-refractivity contribution is 0.296. The van der Waals surface area contributed by atoms with E-state index in [1.54, 1.807) is 6.07 Å². The third-order valence-electron chi connectivity index (χ3n) is 2.59. The van der Waals surface area contributed by atoms with Crippen LogP contribution in [0.1, 0.15) is 5.56 Å². The fourth-order valence-corrected chi connectivity index (χ4v) is 1.58. The van der Waals surface area contributed by atoms with E-state index in [1.807, 2.05) is 31.2 Å². The molecule has 0 saturated heterocycles. The standard InChI is InChI=1S/C13H14N3O2/c1-9-2-4-10(5-3-9)15-13-7-6-11(16(17)18)8-12(13)14/h2-8,15,17H,14H2,1H3/q-1. The number of aryl methyl sites for hydroxylation is 1. The van der Waals surface area contributed by atoms with Crippen molar-refractivity contribution in [3.05, 3.63) is 53.2 Å². The first-order chi connectivity index (χ1) is 8.56. The Morgan fingerprint density at radius 2 is 1.83 bits per heavy atom. The normalized spacial score (nSPS) is 10.2. The Morgan fingerprint density at radius 1 is 1.17 bits per heavy atom. The molecule has 0 atom stereocenters. The van der Waals surface area contributed by atoms with E-state index in [-0.39, 0.29) is 10.9 Å². The largest absolute Gasteiger partial charge is 0.733 e. The zero-order chi connectivity index (χ0) is 13.1. The number of nitrogens with one attached hydrogen (secondary N) is 1. The van der Waals surface area contributed by atoms with Crippen LogP contribution in [0.5, 0.6) is 0 Å². The van der Waals surface area contributed by atoms with Gasteiger partial charge in [-0.15, -0.1) is 0 Å². The van der Waals surface area contributed by atoms with Crippen molar-refractivity contribution in [2.75, 3.05) is 16.3 Å². The molecule has 0 spiro atoms. The molecule has 2 aromatic carbocycles. The summed E-state index contributed by atoms with van der Waals surface area (Å²) < 4.78 is 0. The molecule has 0 radical (unpaired) electrons. The summed E-state index contributed by atoms with van der Waals surface area (Å²) in [6.45, 7) is 2.01. The van der Waals surface area contributed by atoms with Crippen molar-refractivity contribution in [2.45, 2.75) is 6.92 Å². The fourth-order valence-electron chi connectivity index (χ4n) is 1.58. The molecule has 0 heterocycles. The van der Waals surface area contributed by atoms with Crippen molar-refractivity contribution >= 4 is 22.7 Å². The first-order valence-electron chi connectivity index (χ1n) is 5.45. The van der Waals surface area contributed by atoms with Crippen molar-refractivity contribution < 1.29 is 5.21 Å². The number of nitrogens with two attached hydrogens (primary N) is 1. The van der Waals surface area contributed by atoms with Crippen molar-refractivity contribution in [3.63, 3.8) is 0 Å². The van der Waals surface area contributed by atoms with Gasteiger partial charge in [0.25, 0.3) is 0 Å². The van der Waals surface area contributed by atoms with Crippen LogP contribution >= 0.6 is 0 Å². The van der Waals surface area contributed by atoms with E-state index in [1.165, 1.54) is 17.7 Å². The minimum absolute atomic E-state index is 0.0990. The molecule has 18 heavy (non-hydrogen) atoms. The lowest BCUT2D eigenvalue weighted by Crippen LogP contribution is -2.07. The predicted molar refractivity (Wildman–Crippen MR) is 72.9 cm³/mol. The van der Waals surface area contributed by atoms with Gasteiger partial charge in [-0.05, 0) is 37.3 Å². The summed E-state index contributed by atoms with van der Waals surface area (Å²) in [7, 11) is 0. The van der Waals surface area contributed by atoms with Crippen molar-refractivity contribution in [2.24, 2.45) is 0 Å². The molecule has 0 fully saturated rings. The summed E-state index contributed by atoms with van der Waals surface area (Å²) >= 11 is 0. The van der Waals surface area contributed by atoms with Crippen molar-refractivity contribution in [1.29, 1.82) is 0 Å². The Balaban J connectivity index is 2.22. The number of benzene rings is 2. The number of anilines is 4. The van der Waals surface area contributed by atoms with Crippen LogP contribution in [-0.4, -0.2) is 5.21 Å². The van der Waals surface area contributed by atoms with Gasteiger partial charge in [0.2, 0.25) is 0 Å². The third-order valence-corrected chi connectivity index (χ3v) is 2.59. The molecule has 5 heteroatoms. The van der Waals surface area contributed by atoms with Gasteiger partial charge < -0.3 is 21.5 Å². The first-order valence-corrected chi connectivity index (χ1v) is 5.45. The number of nitrogens with zero attached hydrogens (tertiary/aromatic N) is 1. The lowest BCUT2D eigenvalue weighted by atomic mass is 10.2. The molecule has 0 unspecified atom stereocenters. The Labute approximate surface area is 105 Å². The van der Waals surface area contributed by atoms with Crippen LogP contribution in [0, 0.1) is 12.1 Å². The van der Waals surface area contributed by atoms with Gasteiger partial charge in [0.1, 0.15) is 0 Å². The van der Waals surface area contributed by atoms with E-state index >= 15 is 0 Å². The maximum absolute atomic E-state index is 10.7. The molecule has 4 N–H and O–H groups in total. The Kier molecular flexibility index (Phi) is 3.36. The van der Waals surface area contributed by atoms with Crippen LogP contribution in [-0.2, 0) is 0 Å². The second-order valence-corrected chi connectivity index (χ2v) is 4.04. The zero-order valence-electron chi connectivity index (χ0n) is 9.92. The zero-order valence-corrected chi connectivity index (χ0v) is 9.92. The Hall–Kier alpha value is -2.24. The molecule has 0 aliphatic rings. The highest BCUT2D eigenvalue weighted by molar-refractivity contribution is 5.76. The van der Waals surface area contributed by atoms with Gasteiger partial charge in [-0.2, -0.15) is 0 Å². The molecule has 0 aliphatic carbocycles. The van der Waals surface area contributed by atoms with Crippen LogP contribution in [0.25, 0.3) is 0 Å². The molecule has 2 aromatic rings. The van der Waals surface area contributed by atoms with Gasteiger partial charge in [-0.3, -0.25) is 5.21 Å². The number of hydrogen-bond acceptors (Lipinski definition) is 5. The van der Waals surface area contributed by atoms with E-state index in [9.17, 15) is 5.21 Å². The molecular formula is C13H14N3O2-. The van der Waals surface area contributed by atoms with Gasteiger partial charge in [0, 0.05) is 5.69 Å². The average molecular weight is 244 g/mol. The fraction of sp³-hybridized carbons (Fsp3) is 0.0769. The summed E-state index contributed by atoms with van der Waals surface area (Å²) in [6.07, 6.45) is 0. The molecular weight excluding hydrogens is 230 g/mol. The maximum Gasteiger partial charge on any atom is 0.0619 e. The maximum atomic E-state index is 10.7. The Morgan fingerprint density at radius 3 is 2.39 bits per heavy atom. The van der Waals surface area contributed by atoms with E-state index in [2.05, 4.69) is 5.32 Å². The first kappa shape index (κ1) is 12.2. The molecule has 94 valence electrons. The van der Waals surface area contributed by atoms with E-state index < -0.39 is 0 Å². The van der Waals surface area contributed by atoms with Crippen LogP contribution in [0.3, 0.4) is 0 Å². The number of hydrogen-bond donors (Lipinski definition) is 3. The summed E-state index contributed by atoms with van der Waals surface area (Å²) in [5.74, 6) is 0. The Bertz CT molecular complexity index is 538. The predicted octanol–water partition coefficient (Wildman–Crippen LogP) is 3.01. The molecule has 5 nitrogen and oxygen atoms in total. The van der Waals surface area contributed by atoms with Crippen LogP contribution in [0.4, 0.5) is 22.7 Å². The second-order valence-electron chi connectivity index (χ2n) is 4.04. The molecule has 0 aromatic heterocycles. The van der Waals surface area contributed by atoms with Gasteiger partial charge in [0.15, 0.2) is 0 Å². The number of rotatable bonds is 3. The van der Waals surface area contributed by atoms with Gasteiger partial charge in [-0.25, -0.2) is 0 Å². The summed E-state index contributed by atoms with van der Waals surface area (Å²) in [5, 5.41) is 22.4. The van der Waals surface area contributed by atoms with Gasteiger partial charge in [0.05, 0.1) is 17.1 Å². The van der Waals surface area contributed by atoms with Gasteiger partial charge >= 0.3 is 0 Å². The van der Waals surface area contributed by atoms with E-state index in [0.29, 0.717) is 11.4 Å². The third kappa shape index (κ3) is 2.71. The highest BCUT2D eigenvalue weighted by Crippen LogP contribution is 2.27.